The number of amides is 1. The highest BCUT2D eigenvalue weighted by molar-refractivity contribution is 5.98. The molecule has 0 aliphatic rings. The van der Waals surface area contributed by atoms with Crippen LogP contribution in [0.25, 0.3) is 0 Å². The molecule has 10 nitrogen and oxygen atoms in total. The number of nitrogens with two attached hydrogens (primary N) is 1. The minimum atomic E-state index is -0.910. The normalized spacial score (nSPS) is 12.1. The fourth-order valence-corrected chi connectivity index (χ4v) is 3.24. The van der Waals surface area contributed by atoms with Gasteiger partial charge < -0.3 is 30.0 Å². The number of nitrogens with zero attached hydrogens (tertiary/aromatic N) is 3. The molecule has 220 valence electrons. The lowest BCUT2D eigenvalue weighted by Crippen LogP contribution is -2.39. The molecule has 0 radical (unpaired) electrons. The zero-order valence-electron chi connectivity index (χ0n) is 23.9. The Morgan fingerprint density at radius 2 is 1.62 bits per heavy atom. The lowest BCUT2D eigenvalue weighted by Gasteiger charge is -2.26. The van der Waals surface area contributed by atoms with Crippen molar-refractivity contribution in [3.05, 3.63) is 23.3 Å². The molecule has 0 aliphatic heterocycles. The van der Waals surface area contributed by atoms with Gasteiger partial charge >= 0.3 is 0 Å². The van der Waals surface area contributed by atoms with Crippen LogP contribution in [0.1, 0.15) is 53.5 Å². The van der Waals surface area contributed by atoms with Crippen LogP contribution in [0.4, 0.5) is 20.2 Å². The van der Waals surface area contributed by atoms with Crippen LogP contribution in [-0.2, 0) is 23.7 Å². The van der Waals surface area contributed by atoms with E-state index in [0.29, 0.717) is 39.6 Å². The molecular formula is C27H43F2N5O5. The minimum Gasteiger partial charge on any atom is -0.379 e. The van der Waals surface area contributed by atoms with Crippen LogP contribution in [0.5, 0.6) is 0 Å². The zero-order valence-corrected chi connectivity index (χ0v) is 23.9. The Hall–Kier alpha value is -2.69. The largest absolute Gasteiger partial charge is 0.379 e. The predicted octanol–water partition coefficient (Wildman–Crippen LogP) is 3.95. The molecule has 0 saturated heterocycles. The van der Waals surface area contributed by atoms with E-state index in [-0.39, 0.29) is 60.9 Å². The topological polar surface area (TPSA) is 131 Å². The Morgan fingerprint density at radius 1 is 1.08 bits per heavy atom. The molecule has 0 unspecified atom stereocenters. The third kappa shape index (κ3) is 13.3. The summed E-state index contributed by atoms with van der Waals surface area (Å²) in [6.07, 6.45) is 0.174. The smallest absolute Gasteiger partial charge is 0.230 e. The van der Waals surface area contributed by atoms with Gasteiger partial charge in [0.1, 0.15) is 30.0 Å². The van der Waals surface area contributed by atoms with Gasteiger partial charge in [0.15, 0.2) is 11.6 Å². The Kier molecular flexibility index (Phi) is 15.7. The van der Waals surface area contributed by atoms with E-state index >= 15 is 0 Å². The summed E-state index contributed by atoms with van der Waals surface area (Å²) in [5.74, 6) is -1.97. The van der Waals surface area contributed by atoms with Crippen molar-refractivity contribution in [1.82, 2.24) is 4.90 Å². The first kappa shape index (κ1) is 34.3. The number of anilines is 1. The molecule has 0 bridgehead atoms. The van der Waals surface area contributed by atoms with Crippen LogP contribution in [-0.4, -0.2) is 82.2 Å². The summed E-state index contributed by atoms with van der Waals surface area (Å²) in [6, 6.07) is 2.17. The summed E-state index contributed by atoms with van der Waals surface area (Å²) in [5.41, 5.74) is 3.99. The number of ether oxygens (including phenoxy) is 4. The maximum atomic E-state index is 14.9. The molecule has 0 aliphatic carbocycles. The number of nitrogens with one attached hydrogen (secondary N) is 1. The number of benzene rings is 1. The van der Waals surface area contributed by atoms with Gasteiger partial charge in [-0.15, -0.1) is 0 Å². The van der Waals surface area contributed by atoms with Gasteiger partial charge in [0, 0.05) is 19.0 Å². The third-order valence-electron chi connectivity index (χ3n) is 4.99. The van der Waals surface area contributed by atoms with E-state index in [1.807, 2.05) is 20.8 Å². The first-order valence-electron chi connectivity index (χ1n) is 13.0. The van der Waals surface area contributed by atoms with Crippen LogP contribution >= 0.6 is 0 Å². The maximum Gasteiger partial charge on any atom is 0.230 e. The number of hydrogen-bond acceptors (Lipinski definition) is 9. The van der Waals surface area contributed by atoms with Gasteiger partial charge in [-0.25, -0.2) is 13.8 Å². The molecule has 1 rings (SSSR count). The number of amidine groups is 1. The average Bonchev–Trinajstić information content (AvgIpc) is 2.84. The Balaban J connectivity index is 2.90. The zero-order chi connectivity index (χ0) is 29.4. The lowest BCUT2D eigenvalue weighted by molar-refractivity contribution is -0.133. The molecule has 1 aromatic carbocycles. The number of hydrogen-bond donors (Lipinski definition) is 2. The molecule has 0 spiro atoms. The molecular weight excluding hydrogens is 512 g/mol. The quantitative estimate of drug-likeness (QED) is 0.128. The van der Waals surface area contributed by atoms with Crippen LogP contribution in [0, 0.1) is 28.4 Å². The van der Waals surface area contributed by atoms with E-state index in [9.17, 15) is 13.6 Å². The van der Waals surface area contributed by atoms with Gasteiger partial charge in [0.2, 0.25) is 5.91 Å². The van der Waals surface area contributed by atoms with Crippen molar-refractivity contribution in [2.45, 2.75) is 54.0 Å². The molecule has 0 atom stereocenters. The molecule has 1 amide bonds. The Morgan fingerprint density at radius 3 is 2.10 bits per heavy atom. The maximum absolute atomic E-state index is 14.9. The predicted molar refractivity (Wildman–Crippen MR) is 146 cm³/mol. The van der Waals surface area contributed by atoms with Crippen molar-refractivity contribution >= 4 is 23.1 Å². The fourth-order valence-electron chi connectivity index (χ4n) is 3.24. The second-order valence-corrected chi connectivity index (χ2v) is 10.2. The first-order valence-corrected chi connectivity index (χ1v) is 13.0. The average molecular weight is 556 g/mol. The van der Waals surface area contributed by atoms with Gasteiger partial charge in [-0.05, 0) is 32.3 Å². The van der Waals surface area contributed by atoms with Gasteiger partial charge in [0.25, 0.3) is 0 Å². The van der Waals surface area contributed by atoms with Gasteiger partial charge in [0.05, 0.1) is 51.8 Å². The SMILES string of the molecule is CC(=Nc1c(F)cc(C#N)c(F)c1NC(C)C)N(COCCOCCOCCOCCN)C(=O)CC(C)(C)C. The molecule has 0 heterocycles. The number of halogens is 2. The first-order chi connectivity index (χ1) is 18.4. The summed E-state index contributed by atoms with van der Waals surface area (Å²) < 4.78 is 51.6. The van der Waals surface area contributed by atoms with Crippen LogP contribution < -0.4 is 11.1 Å². The number of nitriles is 1. The molecule has 0 fully saturated rings. The van der Waals surface area contributed by atoms with Gasteiger partial charge in [-0.3, -0.25) is 9.69 Å². The van der Waals surface area contributed by atoms with Crippen molar-refractivity contribution in [3.8, 4) is 6.07 Å². The minimum absolute atomic E-state index is 0.116. The van der Waals surface area contributed by atoms with Crippen LogP contribution in [0.3, 0.4) is 0 Å². The van der Waals surface area contributed by atoms with Crippen LogP contribution in [0.2, 0.25) is 0 Å². The van der Waals surface area contributed by atoms with Gasteiger partial charge in [-0.1, -0.05) is 20.8 Å². The van der Waals surface area contributed by atoms with Crippen molar-refractivity contribution in [2.75, 3.05) is 64.8 Å². The van der Waals surface area contributed by atoms with E-state index < -0.39 is 17.2 Å². The summed E-state index contributed by atoms with van der Waals surface area (Å²) in [7, 11) is 0. The van der Waals surface area contributed by atoms with Crippen LogP contribution in [0.15, 0.2) is 11.1 Å². The third-order valence-corrected chi connectivity index (χ3v) is 4.99. The van der Waals surface area contributed by atoms with E-state index in [0.717, 1.165) is 6.07 Å². The summed E-state index contributed by atoms with van der Waals surface area (Å²) >= 11 is 0. The molecule has 0 aromatic heterocycles. The summed E-state index contributed by atoms with van der Waals surface area (Å²) in [4.78, 5) is 18.7. The molecule has 12 heteroatoms. The highest BCUT2D eigenvalue weighted by atomic mass is 19.1. The number of carbonyl (C=O) groups excluding carboxylic acids is 1. The highest BCUT2D eigenvalue weighted by Crippen LogP contribution is 2.34. The number of carbonyl (C=O) groups is 1. The second kappa shape index (κ2) is 17.8. The lowest BCUT2D eigenvalue weighted by atomic mass is 9.91. The van der Waals surface area contributed by atoms with Crippen molar-refractivity contribution in [3.63, 3.8) is 0 Å². The van der Waals surface area contributed by atoms with Crippen molar-refractivity contribution in [1.29, 1.82) is 5.26 Å². The number of aliphatic imine (C=N–C) groups is 1. The Labute approximate surface area is 230 Å². The van der Waals surface area contributed by atoms with E-state index in [2.05, 4.69) is 10.3 Å². The summed E-state index contributed by atoms with van der Waals surface area (Å²) in [5, 5.41) is 12.0. The second-order valence-electron chi connectivity index (χ2n) is 10.2. The molecule has 39 heavy (non-hydrogen) atoms. The van der Waals surface area contributed by atoms with E-state index in [1.54, 1.807) is 19.9 Å². The summed E-state index contributed by atoms with van der Waals surface area (Å²) in [6.45, 7) is 13.7. The van der Waals surface area contributed by atoms with E-state index in [1.165, 1.54) is 11.8 Å². The fraction of sp³-hybridized carbons (Fsp3) is 0.667. The van der Waals surface area contributed by atoms with Crippen molar-refractivity contribution in [2.24, 2.45) is 16.1 Å². The Bertz CT molecular complexity index is 977. The highest BCUT2D eigenvalue weighted by Gasteiger charge is 2.25. The molecule has 1 aromatic rings. The van der Waals surface area contributed by atoms with E-state index in [4.69, 9.17) is 29.9 Å². The molecule has 0 saturated carbocycles. The van der Waals surface area contributed by atoms with Crippen molar-refractivity contribution < 1.29 is 32.5 Å². The molecule has 3 N–H and O–H groups in total. The monoisotopic (exact) mass is 555 g/mol. The van der Waals surface area contributed by atoms with Gasteiger partial charge in [-0.2, -0.15) is 5.26 Å². The standard InChI is InChI=1S/C27H43F2N5O5/c1-19(2)32-26-24(29)21(17-31)15-22(28)25(26)33-20(3)34(23(35)16-27(4,5)6)18-39-14-13-38-12-11-37-10-9-36-8-7-30/h15,19,32H,7-14,16,18,30H2,1-6H3. The number of rotatable bonds is 17.